The van der Waals surface area contributed by atoms with E-state index in [-0.39, 0.29) is 5.75 Å². The third-order valence-corrected chi connectivity index (χ3v) is 3.22. The molecule has 2 aromatic rings. The standard InChI is InChI=1S/C14H19FN6O/c1-16-14(20(2)8-13-18-9-19-21(13)3)17-7-10-4-5-12(22)11(15)6-10/h4-6,9,22H,7-8H2,1-3H3,(H,16,17). The van der Waals surface area contributed by atoms with Gasteiger partial charge in [0.25, 0.3) is 0 Å². The second-order valence-corrected chi connectivity index (χ2v) is 4.84. The van der Waals surface area contributed by atoms with E-state index in [1.807, 2.05) is 19.0 Å². The molecule has 0 unspecified atom stereocenters. The van der Waals surface area contributed by atoms with Crippen molar-refractivity contribution >= 4 is 5.96 Å². The molecule has 0 radical (unpaired) electrons. The van der Waals surface area contributed by atoms with Gasteiger partial charge in [-0.15, -0.1) is 0 Å². The van der Waals surface area contributed by atoms with Gasteiger partial charge in [-0.2, -0.15) is 5.10 Å². The molecule has 22 heavy (non-hydrogen) atoms. The minimum Gasteiger partial charge on any atom is -0.505 e. The summed E-state index contributed by atoms with van der Waals surface area (Å²) in [6, 6.07) is 4.28. The third-order valence-electron chi connectivity index (χ3n) is 3.22. The fourth-order valence-electron chi connectivity index (χ4n) is 1.98. The van der Waals surface area contributed by atoms with Crippen LogP contribution in [0.4, 0.5) is 4.39 Å². The van der Waals surface area contributed by atoms with Crippen LogP contribution in [-0.4, -0.2) is 44.8 Å². The Morgan fingerprint density at radius 3 is 2.86 bits per heavy atom. The minimum atomic E-state index is -0.637. The maximum absolute atomic E-state index is 13.3. The molecule has 0 amide bonds. The first kappa shape index (κ1) is 15.7. The van der Waals surface area contributed by atoms with Crippen LogP contribution in [0.25, 0.3) is 0 Å². The summed E-state index contributed by atoms with van der Waals surface area (Å²) in [4.78, 5) is 10.2. The van der Waals surface area contributed by atoms with Crippen LogP contribution in [0.5, 0.6) is 5.75 Å². The summed E-state index contributed by atoms with van der Waals surface area (Å²) in [5.74, 6) is 0.465. The van der Waals surface area contributed by atoms with Crippen molar-refractivity contribution < 1.29 is 9.50 Å². The lowest BCUT2D eigenvalue weighted by molar-refractivity contribution is 0.431. The molecule has 0 aliphatic heterocycles. The smallest absolute Gasteiger partial charge is 0.194 e. The van der Waals surface area contributed by atoms with E-state index in [9.17, 15) is 9.50 Å². The zero-order valence-electron chi connectivity index (χ0n) is 12.8. The monoisotopic (exact) mass is 306 g/mol. The lowest BCUT2D eigenvalue weighted by atomic mass is 10.2. The van der Waals surface area contributed by atoms with E-state index in [1.54, 1.807) is 17.8 Å². The Balaban J connectivity index is 1.97. The molecule has 1 heterocycles. The van der Waals surface area contributed by atoms with Gasteiger partial charge < -0.3 is 15.3 Å². The molecule has 1 aromatic carbocycles. The van der Waals surface area contributed by atoms with E-state index >= 15 is 0 Å². The molecule has 8 heteroatoms. The molecule has 0 bridgehead atoms. The van der Waals surface area contributed by atoms with Gasteiger partial charge in [0.2, 0.25) is 0 Å². The Morgan fingerprint density at radius 2 is 2.27 bits per heavy atom. The van der Waals surface area contributed by atoms with Crippen molar-refractivity contribution in [3.05, 3.63) is 41.7 Å². The Kier molecular flexibility index (Phi) is 4.92. The number of halogens is 1. The van der Waals surface area contributed by atoms with Crippen LogP contribution >= 0.6 is 0 Å². The van der Waals surface area contributed by atoms with Gasteiger partial charge in [-0.1, -0.05) is 6.07 Å². The van der Waals surface area contributed by atoms with Crippen LogP contribution in [0.2, 0.25) is 0 Å². The molecule has 0 saturated heterocycles. The van der Waals surface area contributed by atoms with Gasteiger partial charge in [-0.3, -0.25) is 9.67 Å². The van der Waals surface area contributed by atoms with E-state index < -0.39 is 5.82 Å². The fourth-order valence-corrected chi connectivity index (χ4v) is 1.98. The maximum atomic E-state index is 13.3. The highest BCUT2D eigenvalue weighted by Gasteiger charge is 2.10. The summed E-state index contributed by atoms with van der Waals surface area (Å²) >= 11 is 0. The average Bonchev–Trinajstić information content (AvgIpc) is 2.88. The lowest BCUT2D eigenvalue weighted by Crippen LogP contribution is -2.38. The summed E-state index contributed by atoms with van der Waals surface area (Å²) in [6.45, 7) is 0.938. The number of rotatable bonds is 4. The number of benzene rings is 1. The van der Waals surface area contributed by atoms with Crippen molar-refractivity contribution in [3.8, 4) is 5.75 Å². The molecular weight excluding hydrogens is 287 g/mol. The first-order chi connectivity index (χ1) is 10.5. The number of aliphatic imine (C=N–C) groups is 1. The molecule has 2 N–H and O–H groups in total. The molecule has 0 aliphatic rings. The largest absolute Gasteiger partial charge is 0.505 e. The SMILES string of the molecule is CN=C(NCc1ccc(O)c(F)c1)N(C)Cc1ncnn1C. The Bertz CT molecular complexity index is 669. The molecule has 0 aliphatic carbocycles. The van der Waals surface area contributed by atoms with Crippen molar-refractivity contribution in [2.45, 2.75) is 13.1 Å². The normalized spacial score (nSPS) is 11.5. The van der Waals surface area contributed by atoms with Crippen molar-refractivity contribution in [2.75, 3.05) is 14.1 Å². The molecule has 7 nitrogen and oxygen atoms in total. The molecule has 0 fully saturated rings. The molecule has 118 valence electrons. The van der Waals surface area contributed by atoms with Gasteiger partial charge in [0, 0.05) is 27.7 Å². The number of phenols is 1. The van der Waals surface area contributed by atoms with E-state index in [4.69, 9.17) is 0 Å². The van der Waals surface area contributed by atoms with Crippen LogP contribution in [0, 0.1) is 5.82 Å². The highest BCUT2D eigenvalue weighted by Crippen LogP contribution is 2.15. The van der Waals surface area contributed by atoms with Crippen LogP contribution in [-0.2, 0) is 20.1 Å². The number of guanidine groups is 1. The second kappa shape index (κ2) is 6.88. The predicted octanol–water partition coefficient (Wildman–Crippen LogP) is 0.867. The number of aryl methyl sites for hydroxylation is 1. The first-order valence-corrected chi connectivity index (χ1v) is 6.73. The van der Waals surface area contributed by atoms with E-state index in [1.165, 1.54) is 18.5 Å². The number of nitrogens with zero attached hydrogens (tertiary/aromatic N) is 5. The molecule has 0 spiro atoms. The third kappa shape index (κ3) is 3.72. The molecule has 0 atom stereocenters. The summed E-state index contributed by atoms with van der Waals surface area (Å²) in [5.41, 5.74) is 0.712. The summed E-state index contributed by atoms with van der Waals surface area (Å²) in [6.07, 6.45) is 1.50. The van der Waals surface area contributed by atoms with E-state index in [2.05, 4.69) is 20.4 Å². The summed E-state index contributed by atoms with van der Waals surface area (Å²) in [5, 5.41) is 16.3. The number of aromatic hydroxyl groups is 1. The van der Waals surface area contributed by atoms with Crippen LogP contribution in [0.15, 0.2) is 29.5 Å². The van der Waals surface area contributed by atoms with E-state index in [0.29, 0.717) is 24.6 Å². The number of nitrogens with one attached hydrogen (secondary N) is 1. The summed E-state index contributed by atoms with van der Waals surface area (Å²) < 4.78 is 15.0. The van der Waals surface area contributed by atoms with Gasteiger partial charge >= 0.3 is 0 Å². The minimum absolute atomic E-state index is 0.354. The first-order valence-electron chi connectivity index (χ1n) is 6.73. The van der Waals surface area contributed by atoms with Gasteiger partial charge in [0.05, 0.1) is 6.54 Å². The predicted molar refractivity (Wildman–Crippen MR) is 80.7 cm³/mol. The van der Waals surface area contributed by atoms with Gasteiger partial charge in [0.1, 0.15) is 12.2 Å². The Hall–Kier alpha value is -2.64. The van der Waals surface area contributed by atoms with Crippen LogP contribution < -0.4 is 5.32 Å². The lowest BCUT2D eigenvalue weighted by Gasteiger charge is -2.21. The van der Waals surface area contributed by atoms with Crippen molar-refractivity contribution in [1.82, 2.24) is 25.0 Å². The Labute approximate surface area is 128 Å². The second-order valence-electron chi connectivity index (χ2n) is 4.84. The quantitative estimate of drug-likeness (QED) is 0.647. The zero-order chi connectivity index (χ0) is 16.1. The Morgan fingerprint density at radius 1 is 1.50 bits per heavy atom. The maximum Gasteiger partial charge on any atom is 0.194 e. The van der Waals surface area contributed by atoms with Crippen molar-refractivity contribution in [1.29, 1.82) is 0 Å². The molecule has 1 aromatic heterocycles. The van der Waals surface area contributed by atoms with Crippen molar-refractivity contribution in [2.24, 2.45) is 12.0 Å². The van der Waals surface area contributed by atoms with Gasteiger partial charge in [-0.25, -0.2) is 9.37 Å². The van der Waals surface area contributed by atoms with Crippen LogP contribution in [0.1, 0.15) is 11.4 Å². The molecule has 2 rings (SSSR count). The topological polar surface area (TPSA) is 78.6 Å². The average molecular weight is 306 g/mol. The highest BCUT2D eigenvalue weighted by molar-refractivity contribution is 5.79. The number of phenolic OH excluding ortho intramolecular Hbond substituents is 1. The number of aromatic nitrogens is 3. The van der Waals surface area contributed by atoms with E-state index in [0.717, 1.165) is 5.82 Å². The van der Waals surface area contributed by atoms with Gasteiger partial charge in [0.15, 0.2) is 17.5 Å². The number of hydrogen-bond acceptors (Lipinski definition) is 4. The van der Waals surface area contributed by atoms with Crippen molar-refractivity contribution in [3.63, 3.8) is 0 Å². The molecule has 0 saturated carbocycles. The fraction of sp³-hybridized carbons (Fsp3) is 0.357. The summed E-state index contributed by atoms with van der Waals surface area (Å²) in [7, 11) is 5.37. The highest BCUT2D eigenvalue weighted by atomic mass is 19.1. The zero-order valence-corrected chi connectivity index (χ0v) is 12.8. The van der Waals surface area contributed by atoms with Crippen LogP contribution in [0.3, 0.4) is 0 Å². The van der Waals surface area contributed by atoms with Gasteiger partial charge in [-0.05, 0) is 17.7 Å². The molecular formula is C14H19FN6O. The number of hydrogen-bond donors (Lipinski definition) is 2.